The van der Waals surface area contributed by atoms with Crippen molar-refractivity contribution in [3.63, 3.8) is 0 Å². The molecule has 87 heavy (non-hydrogen) atoms. The van der Waals surface area contributed by atoms with Crippen molar-refractivity contribution in [2.45, 2.75) is 38.4 Å². The van der Waals surface area contributed by atoms with Crippen LogP contribution in [-0.4, -0.2) is 182 Å². The number of carboxylic acids is 1. The summed E-state index contributed by atoms with van der Waals surface area (Å²) < 4.78 is 77.5. The number of aromatic nitrogens is 4. The molecule has 5 N–H and O–H groups in total. The molecule has 0 saturated carbocycles. The molecule has 3 aromatic carbocycles. The molecule has 8 rings (SSSR count). The minimum atomic E-state index is -1.25. The van der Waals surface area contributed by atoms with Gasteiger partial charge in [0.25, 0.3) is 5.91 Å². The van der Waals surface area contributed by atoms with Gasteiger partial charge in [-0.2, -0.15) is 9.67 Å². The normalized spacial score (nSPS) is 12.4. The number of carboxylic acid groups (broad SMARTS) is 1. The molecule has 5 aromatic rings. The van der Waals surface area contributed by atoms with Crippen molar-refractivity contribution in [3.8, 4) is 45.5 Å². The van der Waals surface area contributed by atoms with Crippen LogP contribution in [0.15, 0.2) is 100 Å². The van der Waals surface area contributed by atoms with Crippen molar-refractivity contribution in [3.05, 3.63) is 129 Å². The molecule has 26 heteroatoms. The number of phenolic OH excluding ortho intramolecular Hbond substituents is 1. The number of methoxy groups -OCH3 is 1. The van der Waals surface area contributed by atoms with E-state index >= 15 is 0 Å². The van der Waals surface area contributed by atoms with Gasteiger partial charge in [0.2, 0.25) is 17.6 Å². The number of pyridine rings is 1. The van der Waals surface area contributed by atoms with Crippen LogP contribution >= 0.6 is 11.6 Å². The molecule has 3 aliphatic rings. The van der Waals surface area contributed by atoms with Crippen LogP contribution in [0.2, 0.25) is 5.02 Å². The molecule has 0 radical (unpaired) electrons. The minimum Gasteiger partial charge on any atom is -0.508 e. The number of rotatable bonds is 40. The summed E-state index contributed by atoms with van der Waals surface area (Å²) >= 11 is 6.16. The van der Waals surface area contributed by atoms with E-state index in [0.717, 1.165) is 5.69 Å². The smallest absolute Gasteiger partial charge is 0.385 e. The van der Waals surface area contributed by atoms with Crippen molar-refractivity contribution in [1.29, 1.82) is 0 Å². The fourth-order valence-corrected chi connectivity index (χ4v) is 9.36. The number of aromatic amines is 1. The molecule has 0 spiro atoms. The monoisotopic (exact) mass is 1230 g/mol. The van der Waals surface area contributed by atoms with Crippen LogP contribution < -0.4 is 35.0 Å². The first-order valence-electron chi connectivity index (χ1n) is 28.6. The lowest BCUT2D eigenvalue weighted by atomic mass is 9.90. The van der Waals surface area contributed by atoms with Crippen molar-refractivity contribution in [2.24, 2.45) is 0 Å². The third-order valence-electron chi connectivity index (χ3n) is 13.5. The minimum absolute atomic E-state index is 0.0624. The quantitative estimate of drug-likeness (QED) is 0.0163. The molecule has 1 saturated heterocycles. The summed E-state index contributed by atoms with van der Waals surface area (Å²) in [5.41, 5.74) is 2.06. The lowest BCUT2D eigenvalue weighted by molar-refractivity contribution is -0.595. The maximum absolute atomic E-state index is 13.5. The standard InChI is InChI=1S/C61H71ClFN7O17/c1-77-57-15-8-43(37-66-57)70-55(67-68-61(70)69-38-46(39-69)86-52-14-7-42(63)34-51(52)62)40-85-32-31-84-30-29-83-28-27-82-26-25-81-24-23-80-22-21-79-20-19-78-18-17-64-56(73)5-3-2-4-16-65-59(74)41-6-11-47(50(33-41)60(75)76)58-48-12-9-44(71)35-53(48)87-54-36-45(72)10-13-49(54)58/h6-15,33-37,46H,2-5,16-32,38-40H2,1H3,(H4,64,65,71,72,73,74,75,76)/p+1. The van der Waals surface area contributed by atoms with Crippen LogP contribution in [-0.2, 0) is 49.3 Å². The van der Waals surface area contributed by atoms with E-state index in [1.807, 2.05) is 15.5 Å². The van der Waals surface area contributed by atoms with Crippen LogP contribution in [0.5, 0.6) is 17.4 Å². The van der Waals surface area contributed by atoms with E-state index in [9.17, 15) is 33.8 Å². The number of aromatic carboxylic acids is 1. The first kappa shape index (κ1) is 65.1. The van der Waals surface area contributed by atoms with Gasteiger partial charge >= 0.3 is 11.9 Å². The number of nitrogens with one attached hydrogen (secondary N) is 3. The van der Waals surface area contributed by atoms with Crippen molar-refractivity contribution in [2.75, 3.05) is 137 Å². The molecule has 466 valence electrons. The highest BCUT2D eigenvalue weighted by atomic mass is 35.5. The summed E-state index contributed by atoms with van der Waals surface area (Å²) in [5.74, 6) is 0.195. The van der Waals surface area contributed by atoms with Crippen molar-refractivity contribution < 1.29 is 85.3 Å². The summed E-state index contributed by atoms with van der Waals surface area (Å²) in [6.45, 7) is 7.96. The maximum atomic E-state index is 13.5. The molecule has 2 aromatic heterocycles. The number of carbonyl (C=O) groups excluding carboxylic acids is 2. The highest BCUT2D eigenvalue weighted by molar-refractivity contribution is 6.32. The number of hydrogen-bond donors (Lipinski definition) is 5. The Labute approximate surface area is 506 Å². The third kappa shape index (κ3) is 19.8. The Morgan fingerprint density at radius 1 is 0.736 bits per heavy atom. The number of carbonyl (C=O) groups is 3. The van der Waals surface area contributed by atoms with Crippen molar-refractivity contribution >= 4 is 46.3 Å². The number of phenols is 1. The highest BCUT2D eigenvalue weighted by Gasteiger charge is 2.39. The first-order valence-corrected chi connectivity index (χ1v) is 28.9. The molecule has 2 amide bonds. The molecule has 1 aliphatic carbocycles. The van der Waals surface area contributed by atoms with E-state index < -0.39 is 17.7 Å². The second kappa shape index (κ2) is 34.5. The van der Waals surface area contributed by atoms with Gasteiger partial charge < -0.3 is 72.6 Å². The number of benzene rings is 4. The molecule has 4 heterocycles. The van der Waals surface area contributed by atoms with Crippen LogP contribution in [0.1, 0.15) is 52.2 Å². The second-order valence-electron chi connectivity index (χ2n) is 19.7. The van der Waals surface area contributed by atoms with Gasteiger partial charge in [0, 0.05) is 64.9 Å². The number of fused-ring (bicyclic) bond motifs is 2. The molecule has 2 aliphatic heterocycles. The molecule has 1 fully saturated rings. The van der Waals surface area contributed by atoms with Gasteiger partial charge in [0.05, 0.1) is 136 Å². The van der Waals surface area contributed by atoms with Gasteiger partial charge in [-0.05, 0) is 79.1 Å². The van der Waals surface area contributed by atoms with E-state index in [1.54, 1.807) is 37.6 Å². The van der Waals surface area contributed by atoms with Crippen LogP contribution in [0.3, 0.4) is 0 Å². The maximum Gasteiger partial charge on any atom is 0.385 e. The number of ether oxygens (including phenoxy) is 10. The van der Waals surface area contributed by atoms with Gasteiger partial charge in [0.15, 0.2) is 11.5 Å². The summed E-state index contributed by atoms with van der Waals surface area (Å²) in [6.07, 6.45) is 3.78. The number of anilines is 1. The molecule has 24 nitrogen and oxygen atoms in total. The van der Waals surface area contributed by atoms with Gasteiger partial charge in [-0.1, -0.05) is 24.1 Å². The zero-order valence-corrected chi connectivity index (χ0v) is 49.0. The third-order valence-corrected chi connectivity index (χ3v) is 13.8. The highest BCUT2D eigenvalue weighted by Crippen LogP contribution is 2.42. The zero-order chi connectivity index (χ0) is 61.2. The van der Waals surface area contributed by atoms with Crippen LogP contribution in [0.25, 0.3) is 39.1 Å². The average molecular weight is 1230 g/mol. The zero-order valence-electron chi connectivity index (χ0n) is 48.3. The predicted molar refractivity (Wildman–Crippen MR) is 315 cm³/mol. The number of unbranched alkanes of at least 4 members (excludes halogenated alkanes) is 2. The number of nitrogens with zero attached hydrogens (tertiary/aromatic N) is 4. The fraction of sp³-hybridized carbons (Fsp3) is 0.426. The van der Waals surface area contributed by atoms with Crippen LogP contribution in [0.4, 0.5) is 10.3 Å². The number of amides is 2. The fourth-order valence-electron chi connectivity index (χ4n) is 9.15. The Kier molecular flexibility index (Phi) is 25.8. The molecule has 0 unspecified atom stereocenters. The molecular weight excluding hydrogens is 1160 g/mol. The SMILES string of the molecule is COc1ccc(-[n+]2c(N3CC(Oc4ccc(F)cc4Cl)C3)n[nH]c2COCCOCCOCCOCCOCCOCCOCCOCCNC(=O)CCCCCNC(=O)c2ccc(-c3c4ccc(=O)cc-4oc4cc(O)ccc34)c(C(=O)O)c2)cn1. The Morgan fingerprint density at radius 3 is 2.02 bits per heavy atom. The van der Waals surface area contributed by atoms with Gasteiger partial charge in [-0.25, -0.2) is 14.2 Å². The largest absolute Gasteiger partial charge is 0.508 e. The van der Waals surface area contributed by atoms with Gasteiger partial charge in [0.1, 0.15) is 41.0 Å². The van der Waals surface area contributed by atoms with E-state index in [2.05, 4.69) is 25.8 Å². The first-order chi connectivity index (χ1) is 42.4. The van der Waals surface area contributed by atoms with E-state index in [-0.39, 0.29) is 57.3 Å². The Balaban J connectivity index is 0.561. The van der Waals surface area contributed by atoms with Gasteiger partial charge in [-0.15, -0.1) is 0 Å². The molecular formula is C61H72ClFN7O17+. The number of halogens is 2. The van der Waals surface area contributed by atoms with E-state index in [0.29, 0.717) is 196 Å². The van der Waals surface area contributed by atoms with Gasteiger partial charge in [-0.3, -0.25) is 19.3 Å². The summed E-state index contributed by atoms with van der Waals surface area (Å²) in [6, 6.07) is 20.8. The van der Waals surface area contributed by atoms with Crippen molar-refractivity contribution in [1.82, 2.24) is 25.8 Å². The Morgan fingerprint density at radius 2 is 1.39 bits per heavy atom. The Hall–Kier alpha value is -7.85. The van der Waals surface area contributed by atoms with E-state index in [1.165, 1.54) is 54.6 Å². The summed E-state index contributed by atoms with van der Waals surface area (Å²) in [5, 5.41) is 34.3. The molecule has 0 atom stereocenters. The second-order valence-corrected chi connectivity index (χ2v) is 20.1. The predicted octanol–water partition coefficient (Wildman–Crippen LogP) is 6.17. The summed E-state index contributed by atoms with van der Waals surface area (Å²) in [7, 11) is 1.56. The Bertz CT molecular complexity index is 3350. The summed E-state index contributed by atoms with van der Waals surface area (Å²) in [4.78, 5) is 56.4. The number of aromatic hydroxyl groups is 1. The number of H-pyrrole nitrogens is 1. The average Bonchev–Trinajstić information content (AvgIpc) is 1.72. The number of hydrogen-bond acceptors (Lipinski definition) is 19. The van der Waals surface area contributed by atoms with E-state index in [4.69, 9.17) is 63.4 Å². The topological polar surface area (TPSA) is 287 Å². The lowest BCUT2D eigenvalue weighted by Gasteiger charge is -2.35. The van der Waals surface area contributed by atoms with Crippen LogP contribution in [0, 0.1) is 5.82 Å². The molecule has 0 bridgehead atoms. The lowest BCUT2D eigenvalue weighted by Crippen LogP contribution is -2.58.